The van der Waals surface area contributed by atoms with E-state index in [0.29, 0.717) is 35.0 Å². The lowest BCUT2D eigenvalue weighted by atomic mass is 10.2. The maximum Gasteiger partial charge on any atom is 0.262 e. The summed E-state index contributed by atoms with van der Waals surface area (Å²) < 4.78 is 13.7. The number of ether oxygens (including phenoxy) is 2. The predicted molar refractivity (Wildman–Crippen MR) is 113 cm³/mol. The molecule has 5 nitrogen and oxygen atoms in total. The fourth-order valence-electron chi connectivity index (χ4n) is 2.76. The van der Waals surface area contributed by atoms with E-state index in [-0.39, 0.29) is 11.6 Å². The van der Waals surface area contributed by atoms with E-state index in [1.165, 1.54) is 11.8 Å². The van der Waals surface area contributed by atoms with Crippen molar-refractivity contribution in [3.05, 3.63) is 63.4 Å². The van der Waals surface area contributed by atoms with Crippen molar-refractivity contribution in [2.75, 3.05) is 26.1 Å². The molecule has 3 aromatic rings. The van der Waals surface area contributed by atoms with E-state index in [4.69, 9.17) is 14.5 Å². The van der Waals surface area contributed by atoms with Gasteiger partial charge >= 0.3 is 0 Å². The summed E-state index contributed by atoms with van der Waals surface area (Å²) in [6, 6.07) is 15.0. The topological polar surface area (TPSA) is 53.4 Å². The minimum atomic E-state index is -0.102. The zero-order valence-corrected chi connectivity index (χ0v) is 17.6. The number of rotatable bonds is 8. The van der Waals surface area contributed by atoms with Crippen LogP contribution >= 0.6 is 27.7 Å². The largest absolute Gasteiger partial charge is 0.493 e. The highest BCUT2D eigenvalue weighted by molar-refractivity contribution is 9.10. The molecular formula is C20H21BrN2O3S. The molecule has 7 heteroatoms. The van der Waals surface area contributed by atoms with Crippen molar-refractivity contribution in [2.24, 2.45) is 0 Å². The summed E-state index contributed by atoms with van der Waals surface area (Å²) >= 11 is 4.92. The molecule has 142 valence electrons. The Labute approximate surface area is 170 Å². The number of nitrogens with zero attached hydrogens (tertiary/aromatic N) is 2. The minimum Gasteiger partial charge on any atom is -0.493 e. The summed E-state index contributed by atoms with van der Waals surface area (Å²) in [7, 11) is 1.63. The summed E-state index contributed by atoms with van der Waals surface area (Å²) in [6.45, 7) is 2.93. The molecule has 0 aliphatic rings. The maximum atomic E-state index is 13.0. The van der Waals surface area contributed by atoms with Crippen LogP contribution in [0.4, 0.5) is 0 Å². The highest BCUT2D eigenvalue weighted by Crippen LogP contribution is 2.22. The molecule has 0 saturated heterocycles. The van der Waals surface area contributed by atoms with Crippen molar-refractivity contribution in [1.82, 2.24) is 9.55 Å². The highest BCUT2D eigenvalue weighted by Gasteiger charge is 2.16. The van der Waals surface area contributed by atoms with Gasteiger partial charge in [-0.2, -0.15) is 0 Å². The standard InChI is InChI=1S/C20H21BrN2O3S/c1-14(13-25-2)23-19(24)17-5-3-4-6-18(17)22-20(23)27-12-11-26-16-9-7-15(21)8-10-16/h3-10,14H,11-13H2,1-2H3. The molecule has 1 atom stereocenters. The fraction of sp³-hybridized carbons (Fsp3) is 0.300. The van der Waals surface area contributed by atoms with Crippen molar-refractivity contribution in [1.29, 1.82) is 0 Å². The number of thioether (sulfide) groups is 1. The first-order chi connectivity index (χ1) is 13.1. The summed E-state index contributed by atoms with van der Waals surface area (Å²) in [6.07, 6.45) is 0. The Kier molecular flexibility index (Phi) is 6.93. The number of fused-ring (bicyclic) bond motifs is 1. The van der Waals surface area contributed by atoms with Gasteiger partial charge < -0.3 is 9.47 Å². The summed E-state index contributed by atoms with van der Waals surface area (Å²) in [5.41, 5.74) is 0.668. The minimum absolute atomic E-state index is 0.0403. The Morgan fingerprint density at radius 1 is 1.19 bits per heavy atom. The van der Waals surface area contributed by atoms with Gasteiger partial charge in [0.05, 0.1) is 30.2 Å². The maximum absolute atomic E-state index is 13.0. The van der Waals surface area contributed by atoms with Gasteiger partial charge in [-0.1, -0.05) is 39.8 Å². The van der Waals surface area contributed by atoms with Crippen molar-refractivity contribution in [3.63, 3.8) is 0 Å². The highest BCUT2D eigenvalue weighted by atomic mass is 79.9. The van der Waals surface area contributed by atoms with Gasteiger partial charge in [-0.05, 0) is 43.3 Å². The zero-order chi connectivity index (χ0) is 19.2. The number of hydrogen-bond acceptors (Lipinski definition) is 5. The molecule has 1 unspecified atom stereocenters. The molecule has 0 aliphatic heterocycles. The Bertz CT molecular complexity index is 960. The molecule has 1 aromatic heterocycles. The number of para-hydroxylation sites is 1. The SMILES string of the molecule is COCC(C)n1c(SCCOc2ccc(Br)cc2)nc2ccccc2c1=O. The number of methoxy groups -OCH3 is 1. The van der Waals surface area contributed by atoms with Crippen LogP contribution in [0, 0.1) is 0 Å². The van der Waals surface area contributed by atoms with Gasteiger partial charge in [0.2, 0.25) is 0 Å². The van der Waals surface area contributed by atoms with E-state index in [0.717, 1.165) is 10.2 Å². The van der Waals surface area contributed by atoms with E-state index in [9.17, 15) is 4.79 Å². The van der Waals surface area contributed by atoms with Crippen LogP contribution in [0.1, 0.15) is 13.0 Å². The van der Waals surface area contributed by atoms with Crippen molar-refractivity contribution >= 4 is 38.6 Å². The van der Waals surface area contributed by atoms with Crippen molar-refractivity contribution in [3.8, 4) is 5.75 Å². The van der Waals surface area contributed by atoms with Gasteiger partial charge in [0.15, 0.2) is 5.16 Å². The molecule has 27 heavy (non-hydrogen) atoms. The van der Waals surface area contributed by atoms with Crippen molar-refractivity contribution in [2.45, 2.75) is 18.1 Å². The van der Waals surface area contributed by atoms with Gasteiger partial charge in [-0.15, -0.1) is 0 Å². The van der Waals surface area contributed by atoms with Crippen LogP contribution in [-0.4, -0.2) is 35.6 Å². The third-order valence-electron chi connectivity index (χ3n) is 4.02. The van der Waals surface area contributed by atoms with Crippen LogP contribution in [0.15, 0.2) is 63.0 Å². The first kappa shape index (κ1) is 19.9. The molecule has 0 N–H and O–H groups in total. The number of aromatic nitrogens is 2. The monoisotopic (exact) mass is 448 g/mol. The van der Waals surface area contributed by atoms with E-state index in [1.807, 2.05) is 55.5 Å². The predicted octanol–water partition coefficient (Wildman–Crippen LogP) is 4.54. The second-order valence-corrected chi connectivity index (χ2v) is 8.02. The molecule has 1 heterocycles. The smallest absolute Gasteiger partial charge is 0.262 e. The summed E-state index contributed by atoms with van der Waals surface area (Å²) in [5.74, 6) is 1.50. The van der Waals surface area contributed by atoms with Gasteiger partial charge in [-0.25, -0.2) is 4.98 Å². The first-order valence-corrected chi connectivity index (χ1v) is 10.4. The Hall–Kier alpha value is -1.83. The molecule has 0 saturated carbocycles. The van der Waals surface area contributed by atoms with E-state index in [2.05, 4.69) is 15.9 Å². The number of halogens is 1. The molecule has 3 rings (SSSR count). The quantitative estimate of drug-likeness (QED) is 0.287. The summed E-state index contributed by atoms with van der Waals surface area (Å²) in [4.78, 5) is 17.7. The van der Waals surface area contributed by atoms with Gasteiger partial charge in [0.25, 0.3) is 5.56 Å². The van der Waals surface area contributed by atoms with Crippen LogP contribution in [-0.2, 0) is 4.74 Å². The second-order valence-electron chi connectivity index (χ2n) is 6.04. The molecule has 0 radical (unpaired) electrons. The molecule has 0 bridgehead atoms. The lowest BCUT2D eigenvalue weighted by molar-refractivity contribution is 0.156. The number of benzene rings is 2. The second kappa shape index (κ2) is 9.39. The Morgan fingerprint density at radius 3 is 2.67 bits per heavy atom. The van der Waals surface area contributed by atoms with Gasteiger partial charge in [-0.3, -0.25) is 9.36 Å². The third-order valence-corrected chi connectivity index (χ3v) is 5.47. The van der Waals surface area contributed by atoms with Crippen LogP contribution in [0.2, 0.25) is 0 Å². The van der Waals surface area contributed by atoms with Crippen LogP contribution < -0.4 is 10.3 Å². The Balaban J connectivity index is 1.78. The fourth-order valence-corrected chi connectivity index (χ4v) is 3.93. The normalized spacial score (nSPS) is 12.3. The average molecular weight is 449 g/mol. The van der Waals surface area contributed by atoms with Gasteiger partial charge in [0, 0.05) is 17.3 Å². The molecule has 0 amide bonds. The third kappa shape index (κ3) is 4.91. The number of hydrogen-bond donors (Lipinski definition) is 0. The van der Waals surface area contributed by atoms with Crippen LogP contribution in [0.25, 0.3) is 10.9 Å². The van der Waals surface area contributed by atoms with Crippen LogP contribution in [0.3, 0.4) is 0 Å². The molecule has 2 aromatic carbocycles. The van der Waals surface area contributed by atoms with Crippen molar-refractivity contribution < 1.29 is 9.47 Å². The molecular weight excluding hydrogens is 428 g/mol. The van der Waals surface area contributed by atoms with E-state index >= 15 is 0 Å². The lowest BCUT2D eigenvalue weighted by Crippen LogP contribution is -2.28. The molecule has 0 fully saturated rings. The van der Waals surface area contributed by atoms with Gasteiger partial charge in [0.1, 0.15) is 5.75 Å². The summed E-state index contributed by atoms with van der Waals surface area (Å²) in [5, 5.41) is 1.30. The average Bonchev–Trinajstić information content (AvgIpc) is 2.67. The lowest BCUT2D eigenvalue weighted by Gasteiger charge is -2.19. The molecule has 0 spiro atoms. The molecule has 0 aliphatic carbocycles. The van der Waals surface area contributed by atoms with Crippen LogP contribution in [0.5, 0.6) is 5.75 Å². The zero-order valence-electron chi connectivity index (χ0n) is 15.2. The van der Waals surface area contributed by atoms with E-state index < -0.39 is 0 Å². The Morgan fingerprint density at radius 2 is 1.93 bits per heavy atom. The van der Waals surface area contributed by atoms with E-state index in [1.54, 1.807) is 11.7 Å². The first-order valence-electron chi connectivity index (χ1n) is 8.61.